The maximum Gasteiger partial charge on any atom is 0.490 e. The summed E-state index contributed by atoms with van der Waals surface area (Å²) in [5, 5.41) is 23.4. The van der Waals surface area contributed by atoms with Gasteiger partial charge in [0.25, 0.3) is 0 Å². The molecule has 1 N–H and O–H groups in total. The zero-order chi connectivity index (χ0) is 12.7. The zero-order valence-corrected chi connectivity index (χ0v) is 9.35. The van der Waals surface area contributed by atoms with Gasteiger partial charge in [-0.3, -0.25) is 0 Å². The molecule has 0 bridgehead atoms. The smallest absolute Gasteiger partial charge is 0.390 e. The van der Waals surface area contributed by atoms with E-state index in [0.29, 0.717) is 13.2 Å². The molecule has 1 aromatic rings. The Morgan fingerprint density at radius 1 is 1.65 bits per heavy atom. The van der Waals surface area contributed by atoms with Crippen LogP contribution in [0.5, 0.6) is 0 Å². The highest BCUT2D eigenvalue weighted by atomic mass is 16.6. The monoisotopic (exact) mass is 246 g/mol. The highest BCUT2D eigenvalue weighted by Gasteiger charge is 2.15. The number of nitrogens with zero attached hydrogens (tertiary/aromatic N) is 4. The van der Waals surface area contributed by atoms with E-state index in [-0.39, 0.29) is 13.2 Å². The molecule has 17 heavy (non-hydrogen) atoms. The third kappa shape index (κ3) is 4.85. The van der Waals surface area contributed by atoms with Crippen molar-refractivity contribution in [2.24, 2.45) is 0 Å². The lowest BCUT2D eigenvalue weighted by atomic mass is 10.4. The fourth-order valence-electron chi connectivity index (χ4n) is 1.09. The van der Waals surface area contributed by atoms with Crippen molar-refractivity contribution in [3.05, 3.63) is 16.4 Å². The first kappa shape index (κ1) is 13.5. The van der Waals surface area contributed by atoms with Crippen LogP contribution in [0.4, 0.5) is 5.95 Å². The molecule has 0 aliphatic rings. The second kappa shape index (κ2) is 6.89. The van der Waals surface area contributed by atoms with Crippen molar-refractivity contribution < 1.29 is 19.5 Å². The largest absolute Gasteiger partial charge is 0.490 e. The average Bonchev–Trinajstić information content (AvgIpc) is 2.73. The predicted molar refractivity (Wildman–Crippen MR) is 55.4 cm³/mol. The van der Waals surface area contributed by atoms with Gasteiger partial charge in [0.05, 0.1) is 32.5 Å². The minimum Gasteiger partial charge on any atom is -0.390 e. The van der Waals surface area contributed by atoms with E-state index in [9.17, 15) is 15.2 Å². The van der Waals surface area contributed by atoms with Crippen LogP contribution in [0.25, 0.3) is 0 Å². The Hall–Kier alpha value is -1.58. The van der Waals surface area contributed by atoms with Crippen LogP contribution in [-0.2, 0) is 16.0 Å². The van der Waals surface area contributed by atoms with Crippen LogP contribution >= 0.6 is 0 Å². The molecule has 1 unspecified atom stereocenters. The second-order valence-electron chi connectivity index (χ2n) is 3.25. The summed E-state index contributed by atoms with van der Waals surface area (Å²) in [5.41, 5.74) is 0. The first-order valence-electron chi connectivity index (χ1n) is 4.92. The molecular formula is C8H14N4O5. The third-order valence-electron chi connectivity index (χ3n) is 1.83. The first-order chi connectivity index (χ1) is 8.13. The van der Waals surface area contributed by atoms with Crippen molar-refractivity contribution in [3.8, 4) is 0 Å². The van der Waals surface area contributed by atoms with Crippen molar-refractivity contribution in [2.45, 2.75) is 12.6 Å². The molecular weight excluding hydrogens is 232 g/mol. The van der Waals surface area contributed by atoms with Gasteiger partial charge in [-0.15, -0.1) is 0 Å². The minimum atomic E-state index is -0.798. The van der Waals surface area contributed by atoms with E-state index in [1.54, 1.807) is 7.11 Å². The predicted octanol–water partition coefficient (Wildman–Crippen LogP) is -0.790. The number of methoxy groups -OCH3 is 1. The lowest BCUT2D eigenvalue weighted by Crippen LogP contribution is -2.23. The van der Waals surface area contributed by atoms with Gasteiger partial charge in [-0.2, -0.15) is 4.68 Å². The highest BCUT2D eigenvalue weighted by molar-refractivity contribution is 4.96. The number of nitro groups is 1. The standard InChI is InChI=1S/C8H14N4O5/c1-16-2-3-17-5-7(13)4-11-6-9-8(10-11)12(14)15/h6-7,13H,2-5H2,1H3. The Morgan fingerprint density at radius 2 is 2.41 bits per heavy atom. The van der Waals surface area contributed by atoms with Gasteiger partial charge in [-0.05, 0) is 4.92 Å². The summed E-state index contributed by atoms with van der Waals surface area (Å²) in [7, 11) is 1.55. The van der Waals surface area contributed by atoms with Crippen LogP contribution in [0.1, 0.15) is 0 Å². The lowest BCUT2D eigenvalue weighted by molar-refractivity contribution is -0.394. The quantitative estimate of drug-likeness (QED) is 0.363. The van der Waals surface area contributed by atoms with Crippen LogP contribution in [0.2, 0.25) is 0 Å². The van der Waals surface area contributed by atoms with Crippen LogP contribution in [0.3, 0.4) is 0 Å². The summed E-state index contributed by atoms with van der Waals surface area (Å²) >= 11 is 0. The molecule has 0 amide bonds. The first-order valence-corrected chi connectivity index (χ1v) is 4.92. The molecule has 9 nitrogen and oxygen atoms in total. The summed E-state index contributed by atoms with van der Waals surface area (Å²) in [6, 6.07) is 0. The number of aliphatic hydroxyl groups excluding tert-OH is 1. The molecule has 0 saturated carbocycles. The van der Waals surface area contributed by atoms with E-state index in [4.69, 9.17) is 9.47 Å². The van der Waals surface area contributed by atoms with Gasteiger partial charge in [-0.25, -0.2) is 0 Å². The topological polar surface area (TPSA) is 113 Å². The van der Waals surface area contributed by atoms with Crippen molar-refractivity contribution in [1.82, 2.24) is 14.8 Å². The van der Waals surface area contributed by atoms with Crippen LogP contribution in [-0.4, -0.2) is 57.8 Å². The van der Waals surface area contributed by atoms with Crippen LogP contribution in [0, 0.1) is 10.1 Å². The molecule has 1 heterocycles. The number of hydrogen-bond donors (Lipinski definition) is 1. The molecule has 0 aliphatic heterocycles. The Bertz CT molecular complexity index is 355. The van der Waals surface area contributed by atoms with Crippen LogP contribution < -0.4 is 0 Å². The van der Waals surface area contributed by atoms with Gasteiger partial charge >= 0.3 is 5.95 Å². The van der Waals surface area contributed by atoms with Gasteiger partial charge < -0.3 is 24.7 Å². The van der Waals surface area contributed by atoms with E-state index in [0.717, 1.165) is 0 Å². The molecule has 9 heteroatoms. The van der Waals surface area contributed by atoms with Crippen molar-refractivity contribution in [3.63, 3.8) is 0 Å². The van der Waals surface area contributed by atoms with Gasteiger partial charge in [0, 0.05) is 12.2 Å². The van der Waals surface area contributed by atoms with E-state index < -0.39 is 17.0 Å². The van der Waals surface area contributed by atoms with Crippen molar-refractivity contribution in [1.29, 1.82) is 0 Å². The van der Waals surface area contributed by atoms with E-state index >= 15 is 0 Å². The number of rotatable bonds is 8. The molecule has 0 aliphatic carbocycles. The Morgan fingerprint density at radius 3 is 3.00 bits per heavy atom. The van der Waals surface area contributed by atoms with Gasteiger partial charge in [0.15, 0.2) is 0 Å². The summed E-state index contributed by atoms with van der Waals surface area (Å²) in [6.45, 7) is 1.03. The third-order valence-corrected chi connectivity index (χ3v) is 1.83. The molecule has 96 valence electrons. The van der Waals surface area contributed by atoms with Crippen molar-refractivity contribution in [2.75, 3.05) is 26.9 Å². The molecule has 1 rings (SSSR count). The Balaban J connectivity index is 2.29. The van der Waals surface area contributed by atoms with Crippen molar-refractivity contribution >= 4 is 5.95 Å². The summed E-state index contributed by atoms with van der Waals surface area (Å²) in [5.74, 6) is -0.488. The Kier molecular flexibility index (Phi) is 5.46. The highest BCUT2D eigenvalue weighted by Crippen LogP contribution is 2.00. The normalized spacial score (nSPS) is 12.6. The maximum atomic E-state index is 10.3. The summed E-state index contributed by atoms with van der Waals surface area (Å²) in [6.07, 6.45) is 0.393. The molecule has 1 aromatic heterocycles. The fourth-order valence-corrected chi connectivity index (χ4v) is 1.09. The van der Waals surface area contributed by atoms with Crippen LogP contribution in [0.15, 0.2) is 6.33 Å². The molecule has 0 aromatic carbocycles. The Labute approximate surface area is 97.1 Å². The summed E-state index contributed by atoms with van der Waals surface area (Å²) in [4.78, 5) is 13.1. The minimum absolute atomic E-state index is 0.0911. The number of hydrogen-bond acceptors (Lipinski definition) is 7. The van der Waals surface area contributed by atoms with E-state index in [1.165, 1.54) is 11.0 Å². The molecule has 0 fully saturated rings. The molecule has 0 radical (unpaired) electrons. The molecule has 1 atom stereocenters. The van der Waals surface area contributed by atoms with Gasteiger partial charge in [-0.1, -0.05) is 4.98 Å². The number of aromatic nitrogens is 3. The zero-order valence-electron chi connectivity index (χ0n) is 9.35. The van der Waals surface area contributed by atoms with E-state index in [2.05, 4.69) is 10.1 Å². The summed E-state index contributed by atoms with van der Waals surface area (Å²) < 4.78 is 11.1. The second-order valence-corrected chi connectivity index (χ2v) is 3.25. The maximum absolute atomic E-state index is 10.3. The number of ether oxygens (including phenoxy) is 2. The molecule has 0 spiro atoms. The van der Waals surface area contributed by atoms with Gasteiger partial charge in [0.2, 0.25) is 6.33 Å². The lowest BCUT2D eigenvalue weighted by Gasteiger charge is -2.09. The molecule has 0 saturated heterocycles. The SMILES string of the molecule is COCCOCC(O)Cn1cnc([N+](=O)[O-])n1. The fraction of sp³-hybridized carbons (Fsp3) is 0.750. The van der Waals surface area contributed by atoms with Gasteiger partial charge in [0.1, 0.15) is 0 Å². The number of aliphatic hydroxyl groups is 1. The van der Waals surface area contributed by atoms with E-state index in [1.807, 2.05) is 0 Å². The average molecular weight is 246 g/mol.